The van der Waals surface area contributed by atoms with Crippen LogP contribution >= 0.6 is 11.3 Å². The molecule has 0 spiro atoms. The molecular formula is C11H21N3S. The van der Waals surface area contributed by atoms with Gasteiger partial charge in [-0.25, -0.2) is 4.98 Å². The summed E-state index contributed by atoms with van der Waals surface area (Å²) in [5.41, 5.74) is 0. The minimum absolute atomic E-state index is 1.01. The number of hydrogen-bond acceptors (Lipinski definition) is 4. The number of nitrogens with zero attached hydrogens (tertiary/aromatic N) is 2. The SMILES string of the molecule is CCCNCCN(C)Cc1cnc(C)s1. The Balaban J connectivity index is 2.15. The van der Waals surface area contributed by atoms with E-state index in [4.69, 9.17) is 0 Å². The maximum absolute atomic E-state index is 4.26. The number of likely N-dealkylation sites (N-methyl/N-ethyl adjacent to an activating group) is 1. The molecule has 1 N–H and O–H groups in total. The molecule has 1 aromatic rings. The summed E-state index contributed by atoms with van der Waals surface area (Å²) in [4.78, 5) is 7.94. The first-order valence-corrected chi connectivity index (χ1v) is 6.34. The Morgan fingerprint density at radius 2 is 2.27 bits per heavy atom. The molecule has 0 saturated heterocycles. The molecule has 1 rings (SSSR count). The molecule has 0 fully saturated rings. The molecule has 4 heteroatoms. The lowest BCUT2D eigenvalue weighted by Crippen LogP contribution is -2.29. The van der Waals surface area contributed by atoms with Crippen molar-refractivity contribution in [3.05, 3.63) is 16.1 Å². The van der Waals surface area contributed by atoms with Crippen molar-refractivity contribution in [3.63, 3.8) is 0 Å². The van der Waals surface area contributed by atoms with Crippen molar-refractivity contribution in [2.24, 2.45) is 0 Å². The van der Waals surface area contributed by atoms with E-state index in [0.29, 0.717) is 0 Å². The lowest BCUT2D eigenvalue weighted by molar-refractivity contribution is 0.327. The Hall–Kier alpha value is -0.450. The van der Waals surface area contributed by atoms with Crippen LogP contribution in [0.1, 0.15) is 23.2 Å². The number of aryl methyl sites for hydroxylation is 1. The van der Waals surface area contributed by atoms with E-state index in [0.717, 1.165) is 31.2 Å². The zero-order valence-electron chi connectivity index (χ0n) is 9.92. The highest BCUT2D eigenvalue weighted by Crippen LogP contribution is 2.12. The first kappa shape index (κ1) is 12.6. The van der Waals surface area contributed by atoms with E-state index >= 15 is 0 Å². The second kappa shape index (κ2) is 6.93. The molecule has 3 nitrogen and oxygen atoms in total. The second-order valence-electron chi connectivity index (χ2n) is 3.83. The van der Waals surface area contributed by atoms with E-state index in [1.807, 2.05) is 6.20 Å². The molecule has 0 aliphatic carbocycles. The maximum Gasteiger partial charge on any atom is 0.0897 e. The van der Waals surface area contributed by atoms with Gasteiger partial charge in [-0.3, -0.25) is 4.90 Å². The summed E-state index contributed by atoms with van der Waals surface area (Å²) < 4.78 is 0. The van der Waals surface area contributed by atoms with Gasteiger partial charge >= 0.3 is 0 Å². The van der Waals surface area contributed by atoms with Crippen molar-refractivity contribution in [1.29, 1.82) is 0 Å². The zero-order chi connectivity index (χ0) is 11.1. The molecule has 0 aliphatic rings. The quantitative estimate of drug-likeness (QED) is 0.721. The molecule has 15 heavy (non-hydrogen) atoms. The average molecular weight is 227 g/mol. The van der Waals surface area contributed by atoms with E-state index in [9.17, 15) is 0 Å². The minimum Gasteiger partial charge on any atom is -0.315 e. The van der Waals surface area contributed by atoms with Gasteiger partial charge < -0.3 is 5.32 Å². The molecule has 1 heterocycles. The fourth-order valence-corrected chi connectivity index (χ4v) is 2.27. The third-order valence-electron chi connectivity index (χ3n) is 2.19. The average Bonchev–Trinajstić information content (AvgIpc) is 2.59. The van der Waals surface area contributed by atoms with Crippen LogP contribution in [0.4, 0.5) is 0 Å². The molecule has 0 amide bonds. The van der Waals surface area contributed by atoms with Crippen LogP contribution in [0.15, 0.2) is 6.20 Å². The molecular weight excluding hydrogens is 206 g/mol. The van der Waals surface area contributed by atoms with Crippen molar-refractivity contribution in [2.75, 3.05) is 26.7 Å². The molecule has 0 bridgehead atoms. The van der Waals surface area contributed by atoms with E-state index in [1.165, 1.54) is 11.3 Å². The normalized spacial score (nSPS) is 11.2. The van der Waals surface area contributed by atoms with Gasteiger partial charge in [-0.05, 0) is 26.9 Å². The highest BCUT2D eigenvalue weighted by molar-refractivity contribution is 7.11. The van der Waals surface area contributed by atoms with Crippen LogP contribution in [-0.4, -0.2) is 36.6 Å². The summed E-state index contributed by atoms with van der Waals surface area (Å²) in [7, 11) is 2.16. The fraction of sp³-hybridized carbons (Fsp3) is 0.727. The Morgan fingerprint density at radius 3 is 2.87 bits per heavy atom. The van der Waals surface area contributed by atoms with Crippen molar-refractivity contribution in [2.45, 2.75) is 26.8 Å². The number of hydrogen-bond donors (Lipinski definition) is 1. The third kappa shape index (κ3) is 5.25. The van der Waals surface area contributed by atoms with Crippen molar-refractivity contribution in [3.8, 4) is 0 Å². The summed E-state index contributed by atoms with van der Waals surface area (Å²) in [6.45, 7) is 8.54. The molecule has 0 saturated carbocycles. The number of aromatic nitrogens is 1. The van der Waals surface area contributed by atoms with Gasteiger partial charge in [-0.2, -0.15) is 0 Å². The van der Waals surface area contributed by atoms with Crippen LogP contribution in [0, 0.1) is 6.92 Å². The van der Waals surface area contributed by atoms with Crippen LogP contribution < -0.4 is 5.32 Å². The van der Waals surface area contributed by atoms with Crippen LogP contribution in [0.5, 0.6) is 0 Å². The Kier molecular flexibility index (Phi) is 5.83. The third-order valence-corrected chi connectivity index (χ3v) is 3.09. The van der Waals surface area contributed by atoms with Gasteiger partial charge in [0.2, 0.25) is 0 Å². The van der Waals surface area contributed by atoms with Gasteiger partial charge in [-0.1, -0.05) is 6.92 Å². The molecule has 0 aliphatic heterocycles. The Bertz CT molecular complexity index is 273. The van der Waals surface area contributed by atoms with Crippen LogP contribution in [-0.2, 0) is 6.54 Å². The standard InChI is InChI=1S/C11H21N3S/c1-4-5-12-6-7-14(3)9-11-8-13-10(2)15-11/h8,12H,4-7,9H2,1-3H3. The lowest BCUT2D eigenvalue weighted by atomic mass is 10.4. The van der Waals surface area contributed by atoms with E-state index in [2.05, 4.69) is 36.1 Å². The molecule has 0 radical (unpaired) electrons. The number of thiazole rings is 1. The van der Waals surface area contributed by atoms with Crippen molar-refractivity contribution in [1.82, 2.24) is 15.2 Å². The summed E-state index contributed by atoms with van der Waals surface area (Å²) in [5.74, 6) is 0. The largest absolute Gasteiger partial charge is 0.315 e. The molecule has 0 atom stereocenters. The summed E-state index contributed by atoms with van der Waals surface area (Å²) in [6, 6.07) is 0. The summed E-state index contributed by atoms with van der Waals surface area (Å²) in [6.07, 6.45) is 3.19. The molecule has 0 aromatic carbocycles. The smallest absolute Gasteiger partial charge is 0.0897 e. The van der Waals surface area contributed by atoms with Gasteiger partial charge in [0.1, 0.15) is 0 Å². The highest BCUT2D eigenvalue weighted by Gasteiger charge is 2.02. The number of rotatable bonds is 7. The Labute approximate surface area is 96.5 Å². The zero-order valence-corrected chi connectivity index (χ0v) is 10.7. The van der Waals surface area contributed by atoms with Crippen LogP contribution in [0.25, 0.3) is 0 Å². The van der Waals surface area contributed by atoms with Crippen LogP contribution in [0.3, 0.4) is 0 Å². The highest BCUT2D eigenvalue weighted by atomic mass is 32.1. The van der Waals surface area contributed by atoms with E-state index in [1.54, 1.807) is 11.3 Å². The molecule has 0 unspecified atom stereocenters. The lowest BCUT2D eigenvalue weighted by Gasteiger charge is -2.15. The maximum atomic E-state index is 4.26. The summed E-state index contributed by atoms with van der Waals surface area (Å²) in [5, 5.41) is 4.56. The minimum atomic E-state index is 1.01. The van der Waals surface area contributed by atoms with Gasteiger partial charge in [0.25, 0.3) is 0 Å². The first-order chi connectivity index (χ1) is 7.22. The second-order valence-corrected chi connectivity index (χ2v) is 5.15. The monoisotopic (exact) mass is 227 g/mol. The van der Waals surface area contributed by atoms with Crippen LogP contribution in [0.2, 0.25) is 0 Å². The van der Waals surface area contributed by atoms with Crippen molar-refractivity contribution < 1.29 is 0 Å². The van der Waals surface area contributed by atoms with E-state index < -0.39 is 0 Å². The molecule has 86 valence electrons. The predicted octanol–water partition coefficient (Wildman–Crippen LogP) is 1.88. The fourth-order valence-electron chi connectivity index (χ4n) is 1.40. The van der Waals surface area contributed by atoms with Gasteiger partial charge in [0.05, 0.1) is 5.01 Å². The first-order valence-electron chi connectivity index (χ1n) is 5.53. The Morgan fingerprint density at radius 1 is 1.47 bits per heavy atom. The predicted molar refractivity (Wildman–Crippen MR) is 66.3 cm³/mol. The van der Waals surface area contributed by atoms with Crippen molar-refractivity contribution >= 4 is 11.3 Å². The topological polar surface area (TPSA) is 28.2 Å². The summed E-state index contributed by atoms with van der Waals surface area (Å²) >= 11 is 1.79. The number of nitrogens with one attached hydrogen (secondary N) is 1. The molecule has 1 aromatic heterocycles. The van der Waals surface area contributed by atoms with Gasteiger partial charge in [0.15, 0.2) is 0 Å². The van der Waals surface area contributed by atoms with E-state index in [-0.39, 0.29) is 0 Å². The van der Waals surface area contributed by atoms with Gasteiger partial charge in [-0.15, -0.1) is 11.3 Å². The van der Waals surface area contributed by atoms with Gasteiger partial charge in [0, 0.05) is 30.7 Å².